The first-order chi connectivity index (χ1) is 9.11. The first kappa shape index (κ1) is 13.6. The first-order valence-electron chi connectivity index (χ1n) is 6.67. The third kappa shape index (κ3) is 3.16. The van der Waals surface area contributed by atoms with Gasteiger partial charge in [0.15, 0.2) is 11.5 Å². The third-order valence-electron chi connectivity index (χ3n) is 3.67. The highest BCUT2D eigenvalue weighted by molar-refractivity contribution is 5.88. The molecular weight excluding hydrogens is 242 g/mol. The van der Waals surface area contributed by atoms with Crippen LogP contribution in [0.1, 0.15) is 36.2 Å². The number of anilines is 2. The SMILES string of the molecule is COC(=O)c1ccc(N)c(N(C)CC2CCCC2)n1. The molecule has 0 aliphatic heterocycles. The fraction of sp³-hybridized carbons (Fsp3) is 0.571. The summed E-state index contributed by atoms with van der Waals surface area (Å²) >= 11 is 0. The Morgan fingerprint density at radius 3 is 2.79 bits per heavy atom. The van der Waals surface area contributed by atoms with E-state index in [1.165, 1.54) is 32.8 Å². The molecule has 1 aromatic rings. The zero-order valence-corrected chi connectivity index (χ0v) is 11.6. The largest absolute Gasteiger partial charge is 0.464 e. The summed E-state index contributed by atoms with van der Waals surface area (Å²) in [5.41, 5.74) is 6.84. The van der Waals surface area contributed by atoms with Gasteiger partial charge in [-0.05, 0) is 30.9 Å². The lowest BCUT2D eigenvalue weighted by molar-refractivity contribution is 0.0594. The van der Waals surface area contributed by atoms with Crippen LogP contribution in [0.3, 0.4) is 0 Å². The molecule has 1 aliphatic carbocycles. The van der Waals surface area contributed by atoms with E-state index in [-0.39, 0.29) is 0 Å². The molecule has 2 rings (SSSR count). The summed E-state index contributed by atoms with van der Waals surface area (Å²) in [6.07, 6.45) is 5.15. The molecule has 1 saturated carbocycles. The number of methoxy groups -OCH3 is 1. The van der Waals surface area contributed by atoms with Crippen LogP contribution in [-0.2, 0) is 4.74 Å². The van der Waals surface area contributed by atoms with Crippen LogP contribution in [0.2, 0.25) is 0 Å². The Morgan fingerprint density at radius 2 is 2.16 bits per heavy atom. The monoisotopic (exact) mass is 263 g/mol. The van der Waals surface area contributed by atoms with Gasteiger partial charge in [0.25, 0.3) is 0 Å². The van der Waals surface area contributed by atoms with E-state index in [9.17, 15) is 4.79 Å². The summed E-state index contributed by atoms with van der Waals surface area (Å²) in [7, 11) is 3.32. The van der Waals surface area contributed by atoms with Gasteiger partial charge in [-0.15, -0.1) is 0 Å². The molecule has 0 unspecified atom stereocenters. The molecule has 19 heavy (non-hydrogen) atoms. The van der Waals surface area contributed by atoms with Crippen molar-refractivity contribution in [1.82, 2.24) is 4.98 Å². The number of hydrogen-bond acceptors (Lipinski definition) is 5. The van der Waals surface area contributed by atoms with Crippen molar-refractivity contribution in [3.8, 4) is 0 Å². The van der Waals surface area contributed by atoms with Crippen LogP contribution < -0.4 is 10.6 Å². The molecule has 0 aromatic carbocycles. The fourth-order valence-corrected chi connectivity index (χ4v) is 2.65. The van der Waals surface area contributed by atoms with Gasteiger partial charge in [-0.1, -0.05) is 12.8 Å². The highest BCUT2D eigenvalue weighted by Gasteiger charge is 2.19. The first-order valence-corrected chi connectivity index (χ1v) is 6.67. The maximum atomic E-state index is 11.5. The quantitative estimate of drug-likeness (QED) is 0.842. The summed E-state index contributed by atoms with van der Waals surface area (Å²) in [4.78, 5) is 17.9. The lowest BCUT2D eigenvalue weighted by atomic mass is 10.1. The second-order valence-corrected chi connectivity index (χ2v) is 5.13. The molecule has 1 fully saturated rings. The van der Waals surface area contributed by atoms with E-state index in [0.29, 0.717) is 23.1 Å². The highest BCUT2D eigenvalue weighted by Crippen LogP contribution is 2.28. The van der Waals surface area contributed by atoms with Crippen LogP contribution in [0, 0.1) is 5.92 Å². The number of esters is 1. The van der Waals surface area contributed by atoms with E-state index in [2.05, 4.69) is 9.72 Å². The van der Waals surface area contributed by atoms with Gasteiger partial charge in [-0.2, -0.15) is 0 Å². The van der Waals surface area contributed by atoms with Gasteiger partial charge < -0.3 is 15.4 Å². The Balaban J connectivity index is 2.14. The third-order valence-corrected chi connectivity index (χ3v) is 3.67. The van der Waals surface area contributed by atoms with Gasteiger partial charge in [0.2, 0.25) is 0 Å². The van der Waals surface area contributed by atoms with Gasteiger partial charge in [0.1, 0.15) is 0 Å². The number of rotatable bonds is 4. The molecule has 2 N–H and O–H groups in total. The molecule has 104 valence electrons. The molecule has 5 heteroatoms. The van der Waals surface area contributed by atoms with Gasteiger partial charge in [0, 0.05) is 13.6 Å². The topological polar surface area (TPSA) is 68.5 Å². The number of nitrogens with zero attached hydrogens (tertiary/aromatic N) is 2. The molecule has 1 aliphatic rings. The summed E-state index contributed by atoms with van der Waals surface area (Å²) in [5, 5.41) is 0. The number of nitrogen functional groups attached to an aromatic ring is 1. The highest BCUT2D eigenvalue weighted by atomic mass is 16.5. The zero-order chi connectivity index (χ0) is 13.8. The predicted octanol–water partition coefficient (Wildman–Crippen LogP) is 2.08. The van der Waals surface area contributed by atoms with Crippen molar-refractivity contribution in [2.45, 2.75) is 25.7 Å². The van der Waals surface area contributed by atoms with E-state index in [4.69, 9.17) is 5.73 Å². The average molecular weight is 263 g/mol. The number of aromatic nitrogens is 1. The smallest absolute Gasteiger partial charge is 0.356 e. The van der Waals surface area contributed by atoms with Crippen LogP contribution >= 0.6 is 0 Å². The Morgan fingerprint density at radius 1 is 1.47 bits per heavy atom. The van der Waals surface area contributed by atoms with E-state index >= 15 is 0 Å². The second-order valence-electron chi connectivity index (χ2n) is 5.13. The second kappa shape index (κ2) is 5.91. The Labute approximate surface area is 113 Å². The molecule has 0 bridgehead atoms. The molecule has 1 heterocycles. The van der Waals surface area contributed by atoms with Gasteiger partial charge in [-0.3, -0.25) is 0 Å². The van der Waals surface area contributed by atoms with Crippen molar-refractivity contribution in [3.05, 3.63) is 17.8 Å². The number of carbonyl (C=O) groups is 1. The van der Waals surface area contributed by atoms with Gasteiger partial charge in [0.05, 0.1) is 12.8 Å². The molecule has 0 saturated heterocycles. The van der Waals surface area contributed by atoms with Crippen molar-refractivity contribution in [2.24, 2.45) is 5.92 Å². The summed E-state index contributed by atoms with van der Waals surface area (Å²) in [5.74, 6) is 0.929. The van der Waals surface area contributed by atoms with Crippen molar-refractivity contribution < 1.29 is 9.53 Å². The number of nitrogens with two attached hydrogens (primary N) is 1. The Kier molecular flexibility index (Phi) is 4.24. The van der Waals surface area contributed by atoms with E-state index in [0.717, 1.165) is 6.54 Å². The van der Waals surface area contributed by atoms with Crippen LogP contribution in [-0.4, -0.2) is 31.7 Å². The zero-order valence-electron chi connectivity index (χ0n) is 11.6. The lowest BCUT2D eigenvalue weighted by Gasteiger charge is -2.23. The van der Waals surface area contributed by atoms with Crippen molar-refractivity contribution in [1.29, 1.82) is 0 Å². The van der Waals surface area contributed by atoms with Crippen LogP contribution in [0.25, 0.3) is 0 Å². The maximum Gasteiger partial charge on any atom is 0.356 e. The lowest BCUT2D eigenvalue weighted by Crippen LogP contribution is -2.26. The number of hydrogen-bond donors (Lipinski definition) is 1. The standard InChI is InChI=1S/C14H21N3O2/c1-17(9-10-5-3-4-6-10)13-11(15)7-8-12(16-13)14(18)19-2/h7-8,10H,3-6,9,15H2,1-2H3. The van der Waals surface area contributed by atoms with E-state index in [1.807, 2.05) is 11.9 Å². The molecule has 0 atom stereocenters. The van der Waals surface area contributed by atoms with Crippen LogP contribution in [0.4, 0.5) is 11.5 Å². The van der Waals surface area contributed by atoms with Crippen LogP contribution in [0.15, 0.2) is 12.1 Å². The maximum absolute atomic E-state index is 11.5. The predicted molar refractivity (Wildman–Crippen MR) is 75.2 cm³/mol. The minimum Gasteiger partial charge on any atom is -0.464 e. The number of ether oxygens (including phenoxy) is 1. The number of carbonyl (C=O) groups excluding carboxylic acids is 1. The van der Waals surface area contributed by atoms with Crippen LogP contribution in [0.5, 0.6) is 0 Å². The van der Waals surface area contributed by atoms with Gasteiger partial charge >= 0.3 is 5.97 Å². The van der Waals surface area contributed by atoms with E-state index < -0.39 is 5.97 Å². The van der Waals surface area contributed by atoms with Crippen molar-refractivity contribution >= 4 is 17.5 Å². The minimum atomic E-state index is -0.435. The van der Waals surface area contributed by atoms with Crippen molar-refractivity contribution in [2.75, 3.05) is 31.3 Å². The number of pyridine rings is 1. The summed E-state index contributed by atoms with van der Waals surface area (Å²) in [6.45, 7) is 0.932. The minimum absolute atomic E-state index is 0.296. The Hall–Kier alpha value is -1.78. The summed E-state index contributed by atoms with van der Waals surface area (Å²) < 4.78 is 4.68. The van der Waals surface area contributed by atoms with E-state index in [1.54, 1.807) is 12.1 Å². The molecule has 5 nitrogen and oxygen atoms in total. The average Bonchev–Trinajstić information content (AvgIpc) is 2.91. The summed E-state index contributed by atoms with van der Waals surface area (Å²) in [6, 6.07) is 3.30. The fourth-order valence-electron chi connectivity index (χ4n) is 2.65. The molecule has 0 spiro atoms. The normalized spacial score (nSPS) is 15.5. The molecule has 0 amide bonds. The molecule has 1 aromatic heterocycles. The molecular formula is C14H21N3O2. The Bertz CT molecular complexity index is 456. The van der Waals surface area contributed by atoms with Crippen molar-refractivity contribution in [3.63, 3.8) is 0 Å². The van der Waals surface area contributed by atoms with Gasteiger partial charge in [-0.25, -0.2) is 9.78 Å². The molecule has 0 radical (unpaired) electrons.